The molecule has 0 unspecified atom stereocenters. The number of ether oxygens (including phenoxy) is 2. The van der Waals surface area contributed by atoms with E-state index in [0.29, 0.717) is 23.6 Å². The largest absolute Gasteiger partial charge is 0.463 e. The maximum atomic E-state index is 13.5. The van der Waals surface area contributed by atoms with Crippen molar-refractivity contribution in [3.8, 4) is 5.75 Å². The number of benzene rings is 2. The molecule has 0 fully saturated rings. The van der Waals surface area contributed by atoms with Gasteiger partial charge in [-0.2, -0.15) is 11.8 Å². The van der Waals surface area contributed by atoms with E-state index in [0.717, 1.165) is 18.7 Å². The number of nitrogens with zero attached hydrogens (tertiary/aromatic N) is 1. The van der Waals surface area contributed by atoms with Gasteiger partial charge in [0.25, 0.3) is 0 Å². The topological polar surface area (TPSA) is 201 Å². The second-order valence-electron chi connectivity index (χ2n) is 12.0. The van der Waals surface area contributed by atoms with E-state index in [1.807, 2.05) is 50.4 Å². The summed E-state index contributed by atoms with van der Waals surface area (Å²) in [5, 5.41) is 12.8. The number of thioether (sulfide) groups is 1. The number of amides is 5. The van der Waals surface area contributed by atoms with Crippen molar-refractivity contribution >= 4 is 53.2 Å². The van der Waals surface area contributed by atoms with Crippen LogP contribution in [-0.4, -0.2) is 116 Å². The number of likely N-dealkylation sites (N-methyl/N-ethyl adjacent to an activating group) is 1. The fraction of sp³-hybridized carbons (Fsp3) is 0.486. The van der Waals surface area contributed by atoms with Gasteiger partial charge in [0.15, 0.2) is 0 Å². The summed E-state index contributed by atoms with van der Waals surface area (Å²) in [7, 11) is 0. The molecule has 2 rings (SSSR count). The van der Waals surface area contributed by atoms with Gasteiger partial charge in [0.05, 0.1) is 13.1 Å². The normalized spacial score (nSPS) is 12.4. The Balaban J connectivity index is 1.97. The molecule has 53 heavy (non-hydrogen) atoms. The van der Waals surface area contributed by atoms with Crippen molar-refractivity contribution in [1.29, 1.82) is 0 Å². The predicted molar refractivity (Wildman–Crippen MR) is 201 cm³/mol. The Morgan fingerprint density at radius 2 is 1.34 bits per heavy atom. The molecule has 5 amide bonds. The zero-order chi connectivity index (χ0) is 39.2. The molecule has 0 saturated carbocycles. The number of esters is 2. The average Bonchev–Trinajstić information content (AvgIpc) is 3.13. The summed E-state index contributed by atoms with van der Waals surface area (Å²) in [6.07, 6.45) is 2.39. The highest BCUT2D eigenvalue weighted by Gasteiger charge is 2.28. The smallest absolute Gasteiger partial charge is 0.329 e. The van der Waals surface area contributed by atoms with E-state index in [1.165, 1.54) is 25.6 Å². The fourth-order valence-corrected chi connectivity index (χ4v) is 5.53. The van der Waals surface area contributed by atoms with Crippen molar-refractivity contribution in [2.75, 3.05) is 51.3 Å². The maximum absolute atomic E-state index is 13.5. The quantitative estimate of drug-likeness (QED) is 0.0792. The number of carbonyl (C=O) groups is 7. The minimum absolute atomic E-state index is 0.0928. The van der Waals surface area contributed by atoms with Gasteiger partial charge in [-0.1, -0.05) is 56.3 Å². The van der Waals surface area contributed by atoms with E-state index in [2.05, 4.69) is 31.5 Å². The Hall–Kier alpha value is -4.96. The Morgan fingerprint density at radius 3 is 1.94 bits per heavy atom. The van der Waals surface area contributed by atoms with Crippen molar-refractivity contribution in [3.63, 3.8) is 0 Å². The van der Waals surface area contributed by atoms with Crippen LogP contribution >= 0.6 is 11.8 Å². The first-order valence-corrected chi connectivity index (χ1v) is 18.8. The van der Waals surface area contributed by atoms with Gasteiger partial charge in [0.2, 0.25) is 29.5 Å². The van der Waals surface area contributed by atoms with E-state index >= 15 is 0 Å². The van der Waals surface area contributed by atoms with Crippen LogP contribution in [0.2, 0.25) is 0 Å². The van der Waals surface area contributed by atoms with Gasteiger partial charge in [-0.25, -0.2) is 4.79 Å². The molecule has 15 nitrogen and oxygen atoms in total. The van der Waals surface area contributed by atoms with Crippen molar-refractivity contribution in [3.05, 3.63) is 65.7 Å². The first-order chi connectivity index (χ1) is 25.3. The van der Waals surface area contributed by atoms with Crippen molar-refractivity contribution in [2.45, 2.75) is 65.1 Å². The highest BCUT2D eigenvalue weighted by atomic mass is 32.2. The summed E-state index contributed by atoms with van der Waals surface area (Å²) in [6, 6.07) is 12.6. The van der Waals surface area contributed by atoms with Crippen LogP contribution in [0, 0.1) is 0 Å². The summed E-state index contributed by atoms with van der Waals surface area (Å²) in [4.78, 5) is 90.0. The van der Waals surface area contributed by atoms with Crippen LogP contribution in [0.15, 0.2) is 54.6 Å². The fourth-order valence-electron chi connectivity index (χ4n) is 5.06. The lowest BCUT2D eigenvalue weighted by Crippen LogP contribution is -2.54. The molecule has 0 saturated heterocycles. The van der Waals surface area contributed by atoms with Crippen LogP contribution in [0.4, 0.5) is 0 Å². The standard InChI is InChI=1S/C37H52N6O9S/c1-6-43(7-2)18-19-51-37(50)32(22-27-11-9-8-10-12-27)42-36(49)30(17-20-53-5)41-34(47)24-38-33(46)23-39-35(48)31(40-25(3)44)21-28-13-15-29(16-14-28)52-26(4)45/h8-16,30-32H,6-7,17-24H2,1-5H3,(H,38,46)(H,39,48)(H,40,44)(H,41,47)(H,42,49)/t30-,31-,32-/m0/s1. The number of carbonyl (C=O) groups excluding carboxylic acids is 7. The monoisotopic (exact) mass is 756 g/mol. The van der Waals surface area contributed by atoms with E-state index in [-0.39, 0.29) is 25.9 Å². The summed E-state index contributed by atoms with van der Waals surface area (Å²) >= 11 is 1.47. The Kier molecular flexibility index (Phi) is 20.3. The van der Waals surface area contributed by atoms with E-state index in [4.69, 9.17) is 9.47 Å². The van der Waals surface area contributed by atoms with Crippen molar-refractivity contribution in [2.24, 2.45) is 0 Å². The van der Waals surface area contributed by atoms with Gasteiger partial charge in [0, 0.05) is 33.2 Å². The van der Waals surface area contributed by atoms with Crippen LogP contribution in [-0.2, 0) is 51.1 Å². The maximum Gasteiger partial charge on any atom is 0.329 e. The molecular formula is C37H52N6O9S. The van der Waals surface area contributed by atoms with Crippen molar-refractivity contribution in [1.82, 2.24) is 31.5 Å². The average molecular weight is 757 g/mol. The van der Waals surface area contributed by atoms with Gasteiger partial charge < -0.3 is 41.0 Å². The summed E-state index contributed by atoms with van der Waals surface area (Å²) in [5.41, 5.74) is 1.48. The third-order valence-electron chi connectivity index (χ3n) is 7.88. The lowest BCUT2D eigenvalue weighted by atomic mass is 10.0. The number of nitrogens with one attached hydrogen (secondary N) is 5. The molecule has 0 aromatic heterocycles. The first kappa shape index (κ1) is 44.2. The molecule has 0 spiro atoms. The molecule has 16 heteroatoms. The molecule has 290 valence electrons. The summed E-state index contributed by atoms with van der Waals surface area (Å²) in [5.74, 6) is -3.20. The predicted octanol–water partition coefficient (Wildman–Crippen LogP) is 0.742. The van der Waals surface area contributed by atoms with Crippen LogP contribution in [0.3, 0.4) is 0 Å². The first-order valence-electron chi connectivity index (χ1n) is 17.4. The number of hydrogen-bond acceptors (Lipinski definition) is 11. The lowest BCUT2D eigenvalue weighted by molar-refractivity contribution is -0.148. The molecule has 2 aromatic carbocycles. The minimum atomic E-state index is -1.01. The Bertz CT molecular complexity index is 1510. The highest BCUT2D eigenvalue weighted by molar-refractivity contribution is 7.98. The molecule has 3 atom stereocenters. The van der Waals surface area contributed by atoms with Gasteiger partial charge >= 0.3 is 11.9 Å². The van der Waals surface area contributed by atoms with Gasteiger partial charge in [0.1, 0.15) is 30.5 Å². The number of rotatable bonds is 23. The summed E-state index contributed by atoms with van der Waals surface area (Å²) in [6.45, 7) is 7.92. The van der Waals surface area contributed by atoms with Gasteiger partial charge in [-0.3, -0.25) is 28.8 Å². The van der Waals surface area contributed by atoms with Crippen LogP contribution in [0.5, 0.6) is 5.75 Å². The summed E-state index contributed by atoms with van der Waals surface area (Å²) < 4.78 is 10.5. The molecule has 0 aliphatic heterocycles. The molecule has 5 N–H and O–H groups in total. The molecule has 0 bridgehead atoms. The Labute approximate surface area is 315 Å². The molecule has 0 radical (unpaired) electrons. The van der Waals surface area contributed by atoms with Crippen LogP contribution in [0.1, 0.15) is 45.2 Å². The van der Waals surface area contributed by atoms with Gasteiger partial charge in [-0.05, 0) is 54.8 Å². The molecule has 2 aromatic rings. The SMILES string of the molecule is CCN(CC)CCOC(=O)[C@H](Cc1ccccc1)NC(=O)[C@H](CCSC)NC(=O)CNC(=O)CNC(=O)[C@H](Cc1ccc(OC(C)=O)cc1)NC(C)=O. The molecule has 0 heterocycles. The van der Waals surface area contributed by atoms with Gasteiger partial charge in [-0.15, -0.1) is 0 Å². The van der Waals surface area contributed by atoms with Crippen molar-refractivity contribution < 1.29 is 43.0 Å². The van der Waals surface area contributed by atoms with Crippen LogP contribution < -0.4 is 31.3 Å². The van der Waals surface area contributed by atoms with E-state index in [9.17, 15) is 33.6 Å². The second kappa shape index (κ2) is 24.3. The second-order valence-corrected chi connectivity index (χ2v) is 13.0. The molecule has 0 aliphatic rings. The zero-order valence-corrected chi connectivity index (χ0v) is 31.8. The van der Waals surface area contributed by atoms with E-state index < -0.39 is 72.7 Å². The molecule has 0 aliphatic carbocycles. The zero-order valence-electron chi connectivity index (χ0n) is 31.0. The van der Waals surface area contributed by atoms with E-state index in [1.54, 1.807) is 24.3 Å². The van der Waals surface area contributed by atoms with Crippen LogP contribution in [0.25, 0.3) is 0 Å². The third kappa shape index (κ3) is 17.9. The Morgan fingerprint density at radius 1 is 0.717 bits per heavy atom. The third-order valence-corrected chi connectivity index (χ3v) is 8.52. The number of hydrogen-bond donors (Lipinski definition) is 5. The highest BCUT2D eigenvalue weighted by Crippen LogP contribution is 2.14. The lowest BCUT2D eigenvalue weighted by Gasteiger charge is -2.24. The molecular weight excluding hydrogens is 705 g/mol. The minimum Gasteiger partial charge on any atom is -0.463 e.